The van der Waals surface area contributed by atoms with E-state index in [9.17, 15) is 4.39 Å². The predicted octanol–water partition coefficient (Wildman–Crippen LogP) is 8.87. The number of alkyl halides is 1. The van der Waals surface area contributed by atoms with Gasteiger partial charge in [-0.1, -0.05) is 99.9 Å². The summed E-state index contributed by atoms with van der Waals surface area (Å²) in [5, 5.41) is 1.45. The molecular weight excluding hydrogens is 442 g/mol. The molecule has 1 aromatic carbocycles. The van der Waals surface area contributed by atoms with Gasteiger partial charge in [0.2, 0.25) is 0 Å². The molecule has 0 unspecified atom stereocenters. The lowest BCUT2D eigenvalue weighted by Gasteiger charge is -2.06. The smallest absolute Gasteiger partial charge is 0.251 e. The maximum absolute atomic E-state index is 12.0. The van der Waals surface area contributed by atoms with E-state index in [0.29, 0.717) is 6.54 Å². The van der Waals surface area contributed by atoms with Crippen molar-refractivity contribution in [3.8, 4) is 0 Å². The molecule has 0 atom stereocenters. The fourth-order valence-corrected chi connectivity index (χ4v) is 4.81. The second-order valence-electron chi connectivity index (χ2n) is 9.01. The first-order chi connectivity index (χ1) is 15.6. The lowest BCUT2D eigenvalue weighted by atomic mass is 10.0. The summed E-state index contributed by atoms with van der Waals surface area (Å²) in [5.41, 5.74) is 0.982. The Morgan fingerprint density at radius 2 is 1.22 bits per heavy atom. The van der Waals surface area contributed by atoms with Gasteiger partial charge < -0.3 is 0 Å². The highest BCUT2D eigenvalue weighted by atomic mass is 35.5. The average molecular weight is 485 g/mol. The summed E-state index contributed by atoms with van der Waals surface area (Å²) >= 11 is 12.7. The van der Waals surface area contributed by atoms with Gasteiger partial charge >= 0.3 is 0 Å². The molecule has 0 aliphatic carbocycles. The lowest BCUT2D eigenvalue weighted by molar-refractivity contribution is -0.693. The number of unbranched alkanes of at least 4 members (excludes halogenated alkanes) is 13. The first-order valence-electron chi connectivity index (χ1n) is 12.7. The summed E-state index contributed by atoms with van der Waals surface area (Å²) in [6, 6.07) is 5.68. The van der Waals surface area contributed by atoms with E-state index in [4.69, 9.17) is 23.2 Å². The average Bonchev–Trinajstić information content (AvgIpc) is 3.13. The highest BCUT2D eigenvalue weighted by molar-refractivity contribution is 6.35. The molecule has 0 fully saturated rings. The monoisotopic (exact) mass is 483 g/mol. The summed E-state index contributed by atoms with van der Waals surface area (Å²) in [5.74, 6) is 1.24. The first-order valence-corrected chi connectivity index (χ1v) is 13.4. The highest BCUT2D eigenvalue weighted by Gasteiger charge is 2.15. The Bertz CT molecular complexity index is 740. The van der Waals surface area contributed by atoms with Crippen LogP contribution in [0.4, 0.5) is 4.39 Å². The van der Waals surface area contributed by atoms with E-state index in [-0.39, 0.29) is 6.67 Å². The quantitative estimate of drug-likeness (QED) is 0.148. The number of rotatable bonds is 18. The number of imidazole rings is 1. The largest absolute Gasteiger partial charge is 0.253 e. The maximum Gasteiger partial charge on any atom is 0.253 e. The Morgan fingerprint density at radius 1 is 0.750 bits per heavy atom. The molecular formula is C27H42Cl2FN2+. The van der Waals surface area contributed by atoms with E-state index in [1.807, 2.05) is 18.2 Å². The third kappa shape index (κ3) is 10.3. The number of aromatic nitrogens is 2. The van der Waals surface area contributed by atoms with Gasteiger partial charge in [-0.25, -0.2) is 9.13 Å². The van der Waals surface area contributed by atoms with Gasteiger partial charge in [-0.05, 0) is 31.4 Å². The van der Waals surface area contributed by atoms with Crippen LogP contribution in [-0.4, -0.2) is 11.2 Å². The number of halogens is 3. The van der Waals surface area contributed by atoms with Gasteiger partial charge in [-0.2, -0.15) is 0 Å². The van der Waals surface area contributed by atoms with E-state index < -0.39 is 0 Å². The standard InChI is InChI=1S/C27H42Cl2FN2/c1-24-31(21-22-32(24)23-25-26(28)17-16-18-27(25)29)20-15-13-11-9-7-5-3-2-4-6-8-10-12-14-19-30/h16-18,21-22H,2-15,19-20,23H2,1H3/q+1. The molecule has 32 heavy (non-hydrogen) atoms. The van der Waals surface area contributed by atoms with Crippen LogP contribution >= 0.6 is 23.2 Å². The second-order valence-corrected chi connectivity index (χ2v) is 9.82. The molecule has 0 aliphatic heterocycles. The molecule has 0 bridgehead atoms. The second kappa shape index (κ2) is 16.5. The number of hydrogen-bond acceptors (Lipinski definition) is 0. The summed E-state index contributed by atoms with van der Waals surface area (Å²) < 4.78 is 16.6. The summed E-state index contributed by atoms with van der Waals surface area (Å²) in [6.07, 6.45) is 22.0. The van der Waals surface area contributed by atoms with Crippen molar-refractivity contribution in [3.63, 3.8) is 0 Å². The Balaban J connectivity index is 1.50. The maximum atomic E-state index is 12.0. The molecule has 2 nitrogen and oxygen atoms in total. The third-order valence-corrected chi connectivity index (χ3v) is 7.14. The molecule has 0 N–H and O–H groups in total. The van der Waals surface area contributed by atoms with Crippen LogP contribution < -0.4 is 4.57 Å². The van der Waals surface area contributed by atoms with E-state index >= 15 is 0 Å². The zero-order valence-electron chi connectivity index (χ0n) is 19.9. The molecule has 0 radical (unpaired) electrons. The van der Waals surface area contributed by atoms with Crippen molar-refractivity contribution < 1.29 is 8.96 Å². The van der Waals surface area contributed by atoms with Crippen LogP contribution in [0.3, 0.4) is 0 Å². The zero-order chi connectivity index (χ0) is 23.0. The van der Waals surface area contributed by atoms with E-state index in [0.717, 1.165) is 35.0 Å². The number of hydrogen-bond donors (Lipinski definition) is 0. The van der Waals surface area contributed by atoms with Gasteiger partial charge in [0.05, 0.1) is 13.2 Å². The molecule has 2 rings (SSSR count). The minimum Gasteiger partial charge on any atom is -0.251 e. The Labute approximate surface area is 205 Å². The fourth-order valence-electron chi connectivity index (χ4n) is 4.30. The highest BCUT2D eigenvalue weighted by Crippen LogP contribution is 2.24. The number of aryl methyl sites for hydroxylation is 1. The van der Waals surface area contributed by atoms with Crippen molar-refractivity contribution in [1.82, 2.24) is 4.57 Å². The summed E-state index contributed by atoms with van der Waals surface area (Å²) in [7, 11) is 0. The zero-order valence-corrected chi connectivity index (χ0v) is 21.4. The van der Waals surface area contributed by atoms with Gasteiger partial charge in [-0.3, -0.25) is 4.39 Å². The van der Waals surface area contributed by atoms with Gasteiger partial charge in [-0.15, -0.1) is 0 Å². The van der Waals surface area contributed by atoms with Crippen LogP contribution in [-0.2, 0) is 13.1 Å². The molecule has 5 heteroatoms. The summed E-state index contributed by atoms with van der Waals surface area (Å²) in [4.78, 5) is 0. The fraction of sp³-hybridized carbons (Fsp3) is 0.667. The molecule has 0 saturated carbocycles. The predicted molar refractivity (Wildman–Crippen MR) is 136 cm³/mol. The molecule has 180 valence electrons. The Hall–Kier alpha value is -1.06. The van der Waals surface area contributed by atoms with E-state index in [1.54, 1.807) is 0 Å². The SMILES string of the molecule is Cc1n(CCCCCCCCCCCCCCCCF)cc[n+]1Cc1c(Cl)cccc1Cl. The number of benzene rings is 1. The lowest BCUT2D eigenvalue weighted by Crippen LogP contribution is -2.36. The normalized spacial score (nSPS) is 11.4. The topological polar surface area (TPSA) is 8.81 Å². The van der Waals surface area contributed by atoms with E-state index in [2.05, 4.69) is 28.5 Å². The molecule has 1 heterocycles. The minimum atomic E-state index is -0.147. The molecule has 2 aromatic rings. The van der Waals surface area contributed by atoms with Crippen LogP contribution in [0.5, 0.6) is 0 Å². The minimum absolute atomic E-state index is 0.147. The number of nitrogens with zero attached hydrogens (tertiary/aromatic N) is 2. The summed E-state index contributed by atoms with van der Waals surface area (Å²) in [6.45, 7) is 3.79. The van der Waals surface area contributed by atoms with Crippen molar-refractivity contribution in [2.24, 2.45) is 0 Å². The van der Waals surface area contributed by atoms with Crippen LogP contribution in [0.25, 0.3) is 0 Å². The first kappa shape index (κ1) is 27.2. The van der Waals surface area contributed by atoms with Crippen LogP contribution in [0, 0.1) is 6.92 Å². The van der Waals surface area contributed by atoms with Gasteiger partial charge in [0.25, 0.3) is 5.82 Å². The Morgan fingerprint density at radius 3 is 1.72 bits per heavy atom. The van der Waals surface area contributed by atoms with Crippen LogP contribution in [0.15, 0.2) is 30.6 Å². The van der Waals surface area contributed by atoms with Crippen LogP contribution in [0.2, 0.25) is 10.0 Å². The van der Waals surface area contributed by atoms with E-state index in [1.165, 1.54) is 82.9 Å². The third-order valence-electron chi connectivity index (χ3n) is 6.43. The van der Waals surface area contributed by atoms with Gasteiger partial charge in [0, 0.05) is 22.5 Å². The van der Waals surface area contributed by atoms with Crippen molar-refractivity contribution in [3.05, 3.63) is 52.0 Å². The van der Waals surface area contributed by atoms with Crippen molar-refractivity contribution in [2.75, 3.05) is 6.67 Å². The molecule has 0 spiro atoms. The van der Waals surface area contributed by atoms with Crippen molar-refractivity contribution >= 4 is 23.2 Å². The van der Waals surface area contributed by atoms with Gasteiger partial charge in [0.15, 0.2) is 0 Å². The van der Waals surface area contributed by atoms with Crippen LogP contribution in [0.1, 0.15) is 101 Å². The van der Waals surface area contributed by atoms with Gasteiger partial charge in [0.1, 0.15) is 18.9 Å². The van der Waals surface area contributed by atoms with Crippen molar-refractivity contribution in [2.45, 2.75) is 110 Å². The molecule has 1 aromatic heterocycles. The van der Waals surface area contributed by atoms with Crippen molar-refractivity contribution in [1.29, 1.82) is 0 Å². The Kier molecular flexibility index (Phi) is 14.0. The molecule has 0 amide bonds. The molecule has 0 saturated heterocycles. The molecule has 0 aliphatic rings.